The van der Waals surface area contributed by atoms with E-state index in [9.17, 15) is 14.4 Å². The van der Waals surface area contributed by atoms with E-state index in [2.05, 4.69) is 10.3 Å². The highest BCUT2D eigenvalue weighted by Gasteiger charge is 2.20. The number of nitrogens with two attached hydrogens (primary N) is 1. The lowest BCUT2D eigenvalue weighted by Gasteiger charge is -2.09. The zero-order chi connectivity index (χ0) is 18.1. The molecule has 0 saturated heterocycles. The Labute approximate surface area is 144 Å². The van der Waals surface area contributed by atoms with E-state index in [-0.39, 0.29) is 10.6 Å². The molecule has 0 aliphatic carbocycles. The molecule has 0 unspecified atom stereocenters. The van der Waals surface area contributed by atoms with Gasteiger partial charge in [-0.2, -0.15) is 0 Å². The third kappa shape index (κ3) is 2.92. The molecule has 0 aliphatic rings. The summed E-state index contributed by atoms with van der Waals surface area (Å²) in [4.78, 5) is 38.3. The lowest BCUT2D eigenvalue weighted by Crippen LogP contribution is -2.16. The molecule has 25 heavy (non-hydrogen) atoms. The second-order valence-corrected chi connectivity index (χ2v) is 6.08. The quantitative estimate of drug-likeness (QED) is 0.564. The molecule has 0 radical (unpaired) electrons. The lowest BCUT2D eigenvalue weighted by molar-refractivity contribution is 0.0695. The Hall–Kier alpha value is -3.33. The topological polar surface area (TPSA) is 135 Å². The number of carbonyl (C=O) groups is 2. The summed E-state index contributed by atoms with van der Waals surface area (Å²) in [7, 11) is 1.48. The van der Waals surface area contributed by atoms with E-state index in [0.717, 1.165) is 11.3 Å². The SMILES string of the molecule is COc1ccccc1NC(=O)c1sc2[nH]c(=O)c(C(=O)O)cc2c1N. The number of carbonyl (C=O) groups excluding carboxylic acids is 1. The van der Waals surface area contributed by atoms with Gasteiger partial charge in [0, 0.05) is 5.39 Å². The summed E-state index contributed by atoms with van der Waals surface area (Å²) in [6, 6.07) is 8.04. The molecule has 0 aliphatic heterocycles. The van der Waals surface area contributed by atoms with Gasteiger partial charge in [-0.15, -0.1) is 11.3 Å². The predicted molar refractivity (Wildman–Crippen MR) is 94.8 cm³/mol. The molecule has 0 atom stereocenters. The molecule has 0 bridgehead atoms. The molecule has 128 valence electrons. The number of para-hydroxylation sites is 2. The van der Waals surface area contributed by atoms with Crippen LogP contribution in [0, 0.1) is 0 Å². The second kappa shape index (κ2) is 6.29. The van der Waals surface area contributed by atoms with Gasteiger partial charge in [0.2, 0.25) is 0 Å². The number of nitrogens with one attached hydrogen (secondary N) is 2. The Morgan fingerprint density at radius 3 is 2.72 bits per heavy atom. The van der Waals surface area contributed by atoms with Gasteiger partial charge in [0.05, 0.1) is 18.5 Å². The number of anilines is 2. The van der Waals surface area contributed by atoms with E-state index in [4.69, 9.17) is 15.6 Å². The van der Waals surface area contributed by atoms with Crippen LogP contribution in [-0.4, -0.2) is 29.1 Å². The number of ether oxygens (including phenoxy) is 1. The van der Waals surface area contributed by atoms with Crippen molar-refractivity contribution in [2.75, 3.05) is 18.2 Å². The number of hydrogen-bond acceptors (Lipinski definition) is 6. The Bertz CT molecular complexity index is 1050. The van der Waals surface area contributed by atoms with Crippen LogP contribution in [0.3, 0.4) is 0 Å². The monoisotopic (exact) mass is 359 g/mol. The zero-order valence-corrected chi connectivity index (χ0v) is 13.8. The van der Waals surface area contributed by atoms with E-state index in [1.54, 1.807) is 24.3 Å². The molecular formula is C16H13N3O5S. The largest absolute Gasteiger partial charge is 0.495 e. The minimum Gasteiger partial charge on any atom is -0.495 e. The van der Waals surface area contributed by atoms with Crippen molar-refractivity contribution in [2.24, 2.45) is 0 Å². The fourth-order valence-corrected chi connectivity index (χ4v) is 3.32. The number of thiophene rings is 1. The van der Waals surface area contributed by atoms with Crippen molar-refractivity contribution in [1.29, 1.82) is 0 Å². The van der Waals surface area contributed by atoms with Crippen molar-refractivity contribution in [3.8, 4) is 5.75 Å². The van der Waals surface area contributed by atoms with Crippen LogP contribution in [0.2, 0.25) is 0 Å². The number of aromatic carboxylic acids is 1. The number of rotatable bonds is 4. The van der Waals surface area contributed by atoms with Gasteiger partial charge in [-0.1, -0.05) is 12.1 Å². The third-order valence-corrected chi connectivity index (χ3v) is 4.67. The van der Waals surface area contributed by atoms with Crippen molar-refractivity contribution >= 4 is 44.8 Å². The van der Waals surface area contributed by atoms with Gasteiger partial charge in [0.1, 0.15) is 21.0 Å². The second-order valence-electron chi connectivity index (χ2n) is 5.06. The number of benzene rings is 1. The lowest BCUT2D eigenvalue weighted by atomic mass is 10.2. The maximum Gasteiger partial charge on any atom is 0.341 e. The molecule has 1 amide bonds. The van der Waals surface area contributed by atoms with Gasteiger partial charge < -0.3 is 25.9 Å². The van der Waals surface area contributed by atoms with Gasteiger partial charge in [-0.25, -0.2) is 4.79 Å². The first-order valence-electron chi connectivity index (χ1n) is 7.05. The van der Waals surface area contributed by atoms with E-state index in [1.165, 1.54) is 13.2 Å². The highest BCUT2D eigenvalue weighted by atomic mass is 32.1. The van der Waals surface area contributed by atoms with Gasteiger partial charge in [0.15, 0.2) is 0 Å². The van der Waals surface area contributed by atoms with Crippen LogP contribution in [0.25, 0.3) is 10.2 Å². The van der Waals surface area contributed by atoms with Gasteiger partial charge in [-0.05, 0) is 18.2 Å². The molecule has 5 N–H and O–H groups in total. The van der Waals surface area contributed by atoms with Crippen molar-refractivity contribution in [3.63, 3.8) is 0 Å². The summed E-state index contributed by atoms with van der Waals surface area (Å²) < 4.78 is 5.17. The Morgan fingerprint density at radius 2 is 2.04 bits per heavy atom. The molecular weight excluding hydrogens is 346 g/mol. The Kier molecular flexibility index (Phi) is 4.15. The number of amides is 1. The van der Waals surface area contributed by atoms with E-state index in [1.807, 2.05) is 0 Å². The average molecular weight is 359 g/mol. The molecule has 8 nitrogen and oxygen atoms in total. The van der Waals surface area contributed by atoms with Crippen LogP contribution in [-0.2, 0) is 0 Å². The van der Waals surface area contributed by atoms with Crippen LogP contribution >= 0.6 is 11.3 Å². The van der Waals surface area contributed by atoms with E-state index in [0.29, 0.717) is 21.7 Å². The first-order valence-corrected chi connectivity index (χ1v) is 7.87. The van der Waals surface area contributed by atoms with Crippen LogP contribution in [0.5, 0.6) is 5.75 Å². The molecule has 9 heteroatoms. The summed E-state index contributed by atoms with van der Waals surface area (Å²) in [6.07, 6.45) is 0. The van der Waals surface area contributed by atoms with Crippen molar-refractivity contribution in [1.82, 2.24) is 4.98 Å². The average Bonchev–Trinajstić information content (AvgIpc) is 2.90. The number of nitrogen functional groups attached to an aromatic ring is 1. The van der Waals surface area contributed by atoms with Gasteiger partial charge >= 0.3 is 5.97 Å². The number of hydrogen-bond donors (Lipinski definition) is 4. The molecule has 0 spiro atoms. The molecule has 3 rings (SSSR count). The number of carboxylic acid groups (broad SMARTS) is 1. The fourth-order valence-electron chi connectivity index (χ4n) is 2.33. The molecule has 0 fully saturated rings. The summed E-state index contributed by atoms with van der Waals surface area (Å²) in [6.45, 7) is 0. The predicted octanol–water partition coefficient (Wildman–Crippen LogP) is 2.13. The highest BCUT2D eigenvalue weighted by Crippen LogP contribution is 2.33. The first-order chi connectivity index (χ1) is 11.9. The Balaban J connectivity index is 2.04. The fraction of sp³-hybridized carbons (Fsp3) is 0.0625. The molecule has 1 aromatic carbocycles. The standard InChI is InChI=1S/C16H13N3O5S/c1-24-10-5-3-2-4-9(10)18-14(21)12-11(17)7-6-8(16(22)23)13(20)19-15(7)25-12/h2-6H,17H2,1H3,(H,18,21)(H,19,20)(H,22,23). The van der Waals surface area contributed by atoms with Gasteiger partial charge in [0.25, 0.3) is 11.5 Å². The van der Waals surface area contributed by atoms with Crippen molar-refractivity contribution in [3.05, 3.63) is 51.1 Å². The smallest absolute Gasteiger partial charge is 0.341 e. The van der Waals surface area contributed by atoms with Crippen LogP contribution in [0.15, 0.2) is 35.1 Å². The number of pyridine rings is 1. The third-order valence-electron chi connectivity index (χ3n) is 3.54. The van der Waals surface area contributed by atoms with E-state index < -0.39 is 23.0 Å². The molecule has 0 saturated carbocycles. The summed E-state index contributed by atoms with van der Waals surface area (Å²) in [5, 5.41) is 12.0. The Morgan fingerprint density at radius 1 is 1.32 bits per heavy atom. The number of methoxy groups -OCH3 is 1. The van der Waals surface area contributed by atoms with Crippen molar-refractivity contribution in [2.45, 2.75) is 0 Å². The number of aromatic nitrogens is 1. The minimum atomic E-state index is -1.37. The number of carboxylic acids is 1. The number of aromatic amines is 1. The molecule has 3 aromatic rings. The van der Waals surface area contributed by atoms with Crippen LogP contribution in [0.4, 0.5) is 11.4 Å². The zero-order valence-electron chi connectivity index (χ0n) is 13.0. The summed E-state index contributed by atoms with van der Waals surface area (Å²) in [5.74, 6) is -1.37. The minimum absolute atomic E-state index is 0.103. The van der Waals surface area contributed by atoms with Crippen LogP contribution in [0.1, 0.15) is 20.0 Å². The van der Waals surface area contributed by atoms with Gasteiger partial charge in [-0.3, -0.25) is 9.59 Å². The summed E-state index contributed by atoms with van der Waals surface area (Å²) in [5.41, 5.74) is 5.37. The van der Waals surface area contributed by atoms with Crippen molar-refractivity contribution < 1.29 is 19.4 Å². The number of H-pyrrole nitrogens is 1. The van der Waals surface area contributed by atoms with E-state index >= 15 is 0 Å². The van der Waals surface area contributed by atoms with Crippen LogP contribution < -0.4 is 21.3 Å². The normalized spacial score (nSPS) is 10.6. The molecule has 2 heterocycles. The maximum atomic E-state index is 12.5. The highest BCUT2D eigenvalue weighted by molar-refractivity contribution is 7.21. The number of fused-ring (bicyclic) bond motifs is 1. The maximum absolute atomic E-state index is 12.5. The first kappa shape index (κ1) is 16.5. The molecule has 2 aromatic heterocycles. The summed E-state index contributed by atoms with van der Waals surface area (Å²) >= 11 is 0.973.